The number of carbonyl (C=O) groups is 1. The lowest BCUT2D eigenvalue weighted by Gasteiger charge is -1.95. The number of nitrogens with zero attached hydrogens (tertiary/aromatic N) is 1. The number of halogens is 1. The highest BCUT2D eigenvalue weighted by Crippen LogP contribution is 2.29. The zero-order valence-electron chi connectivity index (χ0n) is 9.11. The smallest absolute Gasteiger partial charge is 0.171 e. The van der Waals surface area contributed by atoms with E-state index in [1.807, 2.05) is 24.3 Å². The summed E-state index contributed by atoms with van der Waals surface area (Å²) in [6, 6.07) is 7.69. The van der Waals surface area contributed by atoms with E-state index in [0.29, 0.717) is 10.6 Å². The van der Waals surface area contributed by atoms with Gasteiger partial charge in [-0.25, -0.2) is 4.98 Å². The average Bonchev–Trinajstić information content (AvgIpc) is 2.74. The molecule has 1 N–H and O–H groups in total. The molecule has 0 saturated heterocycles. The van der Waals surface area contributed by atoms with Gasteiger partial charge >= 0.3 is 0 Å². The van der Waals surface area contributed by atoms with Gasteiger partial charge in [0.15, 0.2) is 5.78 Å². The predicted octanol–water partition coefficient (Wildman–Crippen LogP) is 3.27. The third kappa shape index (κ3) is 2.62. The summed E-state index contributed by atoms with van der Waals surface area (Å²) < 4.78 is 0.993. The quantitative estimate of drug-likeness (QED) is 0.885. The zero-order valence-corrected chi connectivity index (χ0v) is 11.5. The Kier molecular flexibility index (Phi) is 3.71. The Balaban J connectivity index is 2.46. The van der Waals surface area contributed by atoms with Gasteiger partial charge in [0.1, 0.15) is 5.01 Å². The largest absolute Gasteiger partial charge is 0.390 e. The van der Waals surface area contributed by atoms with E-state index in [1.54, 1.807) is 0 Å². The van der Waals surface area contributed by atoms with Crippen LogP contribution >= 0.6 is 27.3 Å². The number of hydrogen-bond donors (Lipinski definition) is 1. The fourth-order valence-electron chi connectivity index (χ4n) is 1.45. The lowest BCUT2D eigenvalue weighted by molar-refractivity contribution is 0.101. The molecular formula is C12H10BrNO2S. The lowest BCUT2D eigenvalue weighted by Crippen LogP contribution is -1.94. The summed E-state index contributed by atoms with van der Waals surface area (Å²) in [5.74, 6) is -0.0603. The fourth-order valence-corrected chi connectivity index (χ4v) is 2.69. The minimum atomic E-state index is -0.206. The molecule has 0 spiro atoms. The lowest BCUT2D eigenvalue weighted by atomic mass is 10.2. The monoisotopic (exact) mass is 311 g/mol. The van der Waals surface area contributed by atoms with Gasteiger partial charge in [-0.15, -0.1) is 11.3 Å². The number of aliphatic hydroxyl groups excluding tert-OH is 1. The van der Waals surface area contributed by atoms with Crippen LogP contribution in [0.2, 0.25) is 0 Å². The number of thiazole rings is 1. The first kappa shape index (κ1) is 12.4. The number of aliphatic hydroxyl groups is 1. The molecule has 0 atom stereocenters. The normalized spacial score (nSPS) is 10.5. The Hall–Kier alpha value is -1.04. The van der Waals surface area contributed by atoms with Crippen LogP contribution in [0.4, 0.5) is 0 Å². The van der Waals surface area contributed by atoms with E-state index in [1.165, 1.54) is 18.3 Å². The van der Waals surface area contributed by atoms with Crippen molar-refractivity contribution in [2.75, 3.05) is 0 Å². The maximum Gasteiger partial charge on any atom is 0.171 e. The molecule has 0 aliphatic heterocycles. The number of benzene rings is 1. The average molecular weight is 312 g/mol. The summed E-state index contributed by atoms with van der Waals surface area (Å²) in [7, 11) is 0. The molecule has 0 aliphatic rings. The van der Waals surface area contributed by atoms with Gasteiger partial charge in [-0.1, -0.05) is 28.1 Å². The first-order valence-electron chi connectivity index (χ1n) is 4.99. The minimum Gasteiger partial charge on any atom is -0.390 e. The van der Waals surface area contributed by atoms with Gasteiger partial charge in [0.05, 0.1) is 17.2 Å². The van der Waals surface area contributed by atoms with Crippen LogP contribution < -0.4 is 0 Å². The summed E-state index contributed by atoms with van der Waals surface area (Å²) in [4.78, 5) is 16.2. The van der Waals surface area contributed by atoms with Gasteiger partial charge in [0.25, 0.3) is 0 Å². The second kappa shape index (κ2) is 5.08. The highest BCUT2D eigenvalue weighted by Gasteiger charge is 2.14. The van der Waals surface area contributed by atoms with Crippen LogP contribution in [0.3, 0.4) is 0 Å². The second-order valence-corrected chi connectivity index (χ2v) is 5.43. The van der Waals surface area contributed by atoms with Crippen molar-refractivity contribution in [2.45, 2.75) is 13.5 Å². The summed E-state index contributed by atoms with van der Waals surface area (Å²) in [6.45, 7) is 1.28. The standard InChI is InChI=1S/C12H10BrNO2S/c1-7(16)11-10(6-15)14-12(17-11)8-2-4-9(13)5-3-8/h2-5,15H,6H2,1H3. The molecule has 0 aliphatic carbocycles. The predicted molar refractivity (Wildman–Crippen MR) is 71.2 cm³/mol. The molecule has 17 heavy (non-hydrogen) atoms. The maximum atomic E-state index is 11.4. The van der Waals surface area contributed by atoms with Gasteiger partial charge < -0.3 is 5.11 Å². The molecule has 0 unspecified atom stereocenters. The Bertz CT molecular complexity index is 548. The molecule has 0 bridgehead atoms. The van der Waals surface area contributed by atoms with Gasteiger partial charge in [-0.05, 0) is 12.1 Å². The van der Waals surface area contributed by atoms with Crippen molar-refractivity contribution in [3.63, 3.8) is 0 Å². The van der Waals surface area contributed by atoms with E-state index in [4.69, 9.17) is 5.11 Å². The highest BCUT2D eigenvalue weighted by molar-refractivity contribution is 9.10. The fraction of sp³-hybridized carbons (Fsp3) is 0.167. The van der Waals surface area contributed by atoms with Crippen molar-refractivity contribution in [1.82, 2.24) is 4.98 Å². The van der Waals surface area contributed by atoms with E-state index >= 15 is 0 Å². The third-order valence-corrected chi connectivity index (χ3v) is 4.03. The molecule has 1 aromatic carbocycles. The number of Topliss-reactive ketones (excluding diaryl/α,β-unsaturated/α-hetero) is 1. The maximum absolute atomic E-state index is 11.4. The molecule has 0 amide bonds. The third-order valence-electron chi connectivity index (χ3n) is 2.26. The molecule has 88 valence electrons. The Morgan fingerprint density at radius 1 is 1.41 bits per heavy atom. The SMILES string of the molecule is CC(=O)c1sc(-c2ccc(Br)cc2)nc1CO. The van der Waals surface area contributed by atoms with E-state index in [9.17, 15) is 4.79 Å². The van der Waals surface area contributed by atoms with E-state index in [-0.39, 0.29) is 12.4 Å². The van der Waals surface area contributed by atoms with Crippen LogP contribution in [-0.2, 0) is 6.61 Å². The molecule has 5 heteroatoms. The summed E-state index contributed by atoms with van der Waals surface area (Å²) in [6.07, 6.45) is 0. The van der Waals surface area contributed by atoms with Crippen LogP contribution in [0.1, 0.15) is 22.3 Å². The molecule has 2 rings (SSSR count). The van der Waals surface area contributed by atoms with Gasteiger partial charge in [0, 0.05) is 17.0 Å². The Morgan fingerprint density at radius 3 is 2.53 bits per heavy atom. The summed E-state index contributed by atoms with van der Waals surface area (Å²) >= 11 is 4.68. The number of ketones is 1. The van der Waals surface area contributed by atoms with E-state index < -0.39 is 0 Å². The molecule has 2 aromatic rings. The van der Waals surface area contributed by atoms with E-state index in [0.717, 1.165) is 15.0 Å². The van der Waals surface area contributed by atoms with Crippen molar-refractivity contribution in [3.05, 3.63) is 39.3 Å². The highest BCUT2D eigenvalue weighted by atomic mass is 79.9. The first-order valence-corrected chi connectivity index (χ1v) is 6.60. The van der Waals surface area contributed by atoms with Gasteiger partial charge in [-0.3, -0.25) is 4.79 Å². The number of aromatic nitrogens is 1. The van der Waals surface area contributed by atoms with Crippen molar-refractivity contribution < 1.29 is 9.90 Å². The van der Waals surface area contributed by atoms with Crippen LogP contribution in [0.15, 0.2) is 28.7 Å². The van der Waals surface area contributed by atoms with Gasteiger partial charge in [-0.2, -0.15) is 0 Å². The minimum absolute atomic E-state index is 0.0603. The topological polar surface area (TPSA) is 50.2 Å². The van der Waals surface area contributed by atoms with Crippen molar-refractivity contribution >= 4 is 33.0 Å². The number of hydrogen-bond acceptors (Lipinski definition) is 4. The van der Waals surface area contributed by atoms with Crippen molar-refractivity contribution in [2.24, 2.45) is 0 Å². The zero-order chi connectivity index (χ0) is 12.4. The first-order chi connectivity index (χ1) is 8.11. The van der Waals surface area contributed by atoms with Crippen molar-refractivity contribution in [3.8, 4) is 10.6 Å². The molecule has 0 radical (unpaired) electrons. The second-order valence-electron chi connectivity index (χ2n) is 3.52. The Morgan fingerprint density at radius 2 is 2.06 bits per heavy atom. The molecule has 1 aromatic heterocycles. The molecule has 3 nitrogen and oxygen atoms in total. The molecular weight excluding hydrogens is 302 g/mol. The molecule has 1 heterocycles. The van der Waals surface area contributed by atoms with Crippen molar-refractivity contribution in [1.29, 1.82) is 0 Å². The summed E-state index contributed by atoms with van der Waals surface area (Å²) in [5, 5.41) is 9.91. The van der Waals surface area contributed by atoms with Gasteiger partial charge in [0.2, 0.25) is 0 Å². The van der Waals surface area contributed by atoms with Crippen LogP contribution in [-0.4, -0.2) is 15.9 Å². The number of rotatable bonds is 3. The van der Waals surface area contributed by atoms with Crippen LogP contribution in [0.5, 0.6) is 0 Å². The summed E-state index contributed by atoms with van der Waals surface area (Å²) in [5.41, 5.74) is 1.40. The number of carbonyl (C=O) groups excluding carboxylic acids is 1. The van der Waals surface area contributed by atoms with Crippen LogP contribution in [0.25, 0.3) is 10.6 Å². The molecule has 0 fully saturated rings. The van der Waals surface area contributed by atoms with E-state index in [2.05, 4.69) is 20.9 Å². The molecule has 0 saturated carbocycles. The van der Waals surface area contributed by atoms with Crippen LogP contribution in [0, 0.1) is 0 Å². The Labute approximate surface area is 111 Å².